The van der Waals surface area contributed by atoms with Crippen molar-refractivity contribution in [3.05, 3.63) is 237 Å². The molecule has 8 nitrogen and oxygen atoms in total. The Morgan fingerprint density at radius 3 is 0.870 bits per heavy atom. The lowest BCUT2D eigenvalue weighted by atomic mass is 9.33. The van der Waals surface area contributed by atoms with Gasteiger partial charge in [-0.1, -0.05) is 188 Å². The SMILES string of the molecule is c1ccc(-c2nc(-c3ccccc3)nc(-c3ccccc3N3c4ccccc4B4c5ccccc5N(c5ccccc5-c5nc(-c6ccccc6)nc(-c6ccccc6)n5)c5cccc3c54)n2)cc1. The molecule has 0 atom stereocenters. The molecule has 0 saturated carbocycles. The number of para-hydroxylation sites is 4. The average Bonchev–Trinajstić information content (AvgIpc) is 3.43. The van der Waals surface area contributed by atoms with Crippen molar-refractivity contribution in [2.24, 2.45) is 0 Å². The van der Waals surface area contributed by atoms with Crippen molar-refractivity contribution >= 4 is 57.2 Å². The van der Waals surface area contributed by atoms with E-state index in [9.17, 15) is 0 Å². The molecule has 0 aliphatic carbocycles. The summed E-state index contributed by atoms with van der Waals surface area (Å²) in [6.07, 6.45) is 0. The number of hydrogen-bond acceptors (Lipinski definition) is 8. The normalized spacial score (nSPS) is 12.3. The fourth-order valence-corrected chi connectivity index (χ4v) is 9.93. The molecule has 4 heterocycles. The van der Waals surface area contributed by atoms with Crippen molar-refractivity contribution in [3.63, 3.8) is 0 Å². The lowest BCUT2D eigenvalue weighted by Gasteiger charge is -2.44. The van der Waals surface area contributed by atoms with Crippen molar-refractivity contribution in [1.82, 2.24) is 29.9 Å². The minimum absolute atomic E-state index is 0.0616. The largest absolute Gasteiger partial charge is 0.311 e. The van der Waals surface area contributed by atoms with Gasteiger partial charge in [-0.3, -0.25) is 0 Å². The van der Waals surface area contributed by atoms with E-state index in [1.807, 2.05) is 121 Å². The smallest absolute Gasteiger partial charge is 0.252 e. The molecular formula is C60H39BN8. The molecule has 322 valence electrons. The molecule has 0 amide bonds. The maximum Gasteiger partial charge on any atom is 0.252 e. The van der Waals surface area contributed by atoms with E-state index < -0.39 is 0 Å². The number of fused-ring (bicyclic) bond motifs is 4. The molecule has 9 heteroatoms. The zero-order valence-electron chi connectivity index (χ0n) is 37.2. The van der Waals surface area contributed by atoms with E-state index in [0.29, 0.717) is 34.9 Å². The Morgan fingerprint density at radius 2 is 0.507 bits per heavy atom. The number of anilines is 6. The van der Waals surface area contributed by atoms with Gasteiger partial charge in [-0.05, 0) is 64.9 Å². The van der Waals surface area contributed by atoms with E-state index >= 15 is 0 Å². The second-order valence-electron chi connectivity index (χ2n) is 17.0. The Balaban J connectivity index is 1.02. The Bertz CT molecular complexity index is 3350. The van der Waals surface area contributed by atoms with Crippen molar-refractivity contribution in [2.75, 3.05) is 9.80 Å². The van der Waals surface area contributed by atoms with Gasteiger partial charge in [0.2, 0.25) is 0 Å². The van der Waals surface area contributed by atoms with Gasteiger partial charge in [0.05, 0.1) is 11.4 Å². The van der Waals surface area contributed by atoms with Crippen LogP contribution in [-0.2, 0) is 0 Å². The third-order valence-corrected chi connectivity index (χ3v) is 13.0. The molecule has 13 rings (SSSR count). The Morgan fingerprint density at radius 1 is 0.232 bits per heavy atom. The van der Waals surface area contributed by atoms with E-state index in [4.69, 9.17) is 29.9 Å². The fraction of sp³-hybridized carbons (Fsp3) is 0. The fourth-order valence-electron chi connectivity index (χ4n) is 9.93. The van der Waals surface area contributed by atoms with E-state index in [1.54, 1.807) is 0 Å². The summed E-state index contributed by atoms with van der Waals surface area (Å²) >= 11 is 0. The van der Waals surface area contributed by atoms with Crippen LogP contribution in [0, 0.1) is 0 Å². The van der Waals surface area contributed by atoms with E-state index in [2.05, 4.69) is 125 Å². The Kier molecular flexibility index (Phi) is 9.75. The molecule has 9 aromatic carbocycles. The lowest BCUT2D eigenvalue weighted by molar-refractivity contribution is 1.07. The highest BCUT2D eigenvalue weighted by Gasteiger charge is 2.43. The van der Waals surface area contributed by atoms with Crippen LogP contribution in [0.5, 0.6) is 0 Å². The zero-order chi connectivity index (χ0) is 45.7. The molecule has 2 aliphatic heterocycles. The number of hydrogen-bond donors (Lipinski definition) is 0. The summed E-state index contributed by atoms with van der Waals surface area (Å²) < 4.78 is 0. The van der Waals surface area contributed by atoms with Gasteiger partial charge >= 0.3 is 0 Å². The molecule has 2 aliphatic rings. The summed E-state index contributed by atoms with van der Waals surface area (Å²) in [5.74, 6) is 3.63. The Hall–Kier alpha value is -9.34. The van der Waals surface area contributed by atoms with E-state index in [0.717, 1.165) is 67.5 Å². The minimum atomic E-state index is -0.0616. The van der Waals surface area contributed by atoms with Crippen molar-refractivity contribution in [1.29, 1.82) is 0 Å². The van der Waals surface area contributed by atoms with Crippen LogP contribution in [0.4, 0.5) is 34.1 Å². The van der Waals surface area contributed by atoms with Crippen molar-refractivity contribution in [2.45, 2.75) is 0 Å². The molecular weight excluding hydrogens is 844 g/mol. The molecule has 69 heavy (non-hydrogen) atoms. The second-order valence-corrected chi connectivity index (χ2v) is 17.0. The lowest BCUT2D eigenvalue weighted by Crippen LogP contribution is -2.61. The number of aromatic nitrogens is 6. The first-order chi connectivity index (χ1) is 34.2. The standard InChI is InChI=1S/C60H39BN8/c1-5-22-40(23-6-1)55-62-56(41-24-7-2-8-25-41)65-59(64-55)44-30-13-17-34-48(44)68-50-36-19-15-32-46(50)61-47-33-16-20-37-51(47)69(53-39-21-38-52(68)54(53)61)49-35-18-14-31-45(49)60-66-57(42-26-9-3-10-27-42)63-58(67-60)43-28-11-4-12-29-43/h1-39H. The minimum Gasteiger partial charge on any atom is -0.311 e. The van der Waals surface area contributed by atoms with Gasteiger partial charge in [-0.15, -0.1) is 0 Å². The second kappa shape index (κ2) is 16.8. The van der Waals surface area contributed by atoms with Gasteiger partial charge in [-0.2, -0.15) is 0 Å². The monoisotopic (exact) mass is 882 g/mol. The van der Waals surface area contributed by atoms with Crippen LogP contribution >= 0.6 is 0 Å². The number of rotatable bonds is 8. The molecule has 11 aromatic rings. The average molecular weight is 883 g/mol. The van der Waals surface area contributed by atoms with Gasteiger partial charge in [-0.25, -0.2) is 29.9 Å². The maximum absolute atomic E-state index is 5.22. The molecule has 2 aromatic heterocycles. The summed E-state index contributed by atoms with van der Waals surface area (Å²) in [6, 6.07) is 81.7. The van der Waals surface area contributed by atoms with Crippen LogP contribution in [0.25, 0.3) is 68.3 Å². The summed E-state index contributed by atoms with van der Waals surface area (Å²) in [6.45, 7) is -0.0616. The van der Waals surface area contributed by atoms with E-state index in [-0.39, 0.29) is 6.71 Å². The predicted molar refractivity (Wildman–Crippen MR) is 280 cm³/mol. The maximum atomic E-state index is 5.22. The molecule has 0 bridgehead atoms. The first kappa shape index (κ1) is 40.0. The highest BCUT2D eigenvalue weighted by atomic mass is 15.2. The molecule has 0 radical (unpaired) electrons. The van der Waals surface area contributed by atoms with Crippen LogP contribution in [0.15, 0.2) is 237 Å². The summed E-state index contributed by atoms with van der Waals surface area (Å²) in [4.78, 5) is 35.8. The summed E-state index contributed by atoms with van der Waals surface area (Å²) in [5.41, 5.74) is 15.3. The highest BCUT2D eigenvalue weighted by molar-refractivity contribution is 7.00. The van der Waals surface area contributed by atoms with Crippen molar-refractivity contribution in [3.8, 4) is 68.3 Å². The van der Waals surface area contributed by atoms with Crippen molar-refractivity contribution < 1.29 is 0 Å². The van der Waals surface area contributed by atoms with E-state index in [1.165, 1.54) is 16.4 Å². The Labute approximate surface area is 400 Å². The van der Waals surface area contributed by atoms with Crippen LogP contribution in [0.1, 0.15) is 0 Å². The number of benzene rings is 9. The first-order valence-electron chi connectivity index (χ1n) is 23.1. The topological polar surface area (TPSA) is 83.8 Å². The third-order valence-electron chi connectivity index (χ3n) is 13.0. The number of nitrogens with zero attached hydrogens (tertiary/aromatic N) is 8. The van der Waals surface area contributed by atoms with Gasteiger partial charge in [0.25, 0.3) is 6.71 Å². The molecule has 0 fully saturated rings. The van der Waals surface area contributed by atoms with Crippen LogP contribution in [0.3, 0.4) is 0 Å². The highest BCUT2D eigenvalue weighted by Crippen LogP contribution is 2.47. The summed E-state index contributed by atoms with van der Waals surface area (Å²) in [5, 5.41) is 0. The summed E-state index contributed by atoms with van der Waals surface area (Å²) in [7, 11) is 0. The van der Waals surface area contributed by atoms with Gasteiger partial charge in [0.1, 0.15) is 0 Å². The van der Waals surface area contributed by atoms with Gasteiger partial charge < -0.3 is 9.80 Å². The quantitative estimate of drug-likeness (QED) is 0.140. The molecule has 0 N–H and O–H groups in total. The van der Waals surface area contributed by atoms with Gasteiger partial charge in [0.15, 0.2) is 34.9 Å². The predicted octanol–water partition coefficient (Wildman–Crippen LogP) is 12.1. The first-order valence-corrected chi connectivity index (χ1v) is 23.1. The van der Waals surface area contributed by atoms with Crippen LogP contribution in [0.2, 0.25) is 0 Å². The molecule has 0 spiro atoms. The molecule has 0 saturated heterocycles. The third kappa shape index (κ3) is 6.95. The molecule has 0 unspecified atom stereocenters. The van der Waals surface area contributed by atoms with Gasteiger partial charge in [0, 0.05) is 56.1 Å². The van der Waals surface area contributed by atoms with Crippen LogP contribution < -0.4 is 26.2 Å². The zero-order valence-corrected chi connectivity index (χ0v) is 37.2. The van der Waals surface area contributed by atoms with Crippen LogP contribution in [-0.4, -0.2) is 36.6 Å².